The van der Waals surface area contributed by atoms with Crippen LogP contribution in [0.25, 0.3) is 0 Å². The van der Waals surface area contributed by atoms with Crippen LogP contribution >= 0.6 is 11.3 Å². The molecule has 2 fully saturated rings. The molecule has 2 aliphatic rings. The summed E-state index contributed by atoms with van der Waals surface area (Å²) in [6.07, 6.45) is 13.5. The van der Waals surface area contributed by atoms with Gasteiger partial charge in [-0.25, -0.2) is 0 Å². The van der Waals surface area contributed by atoms with Crippen molar-refractivity contribution in [1.29, 1.82) is 0 Å². The van der Waals surface area contributed by atoms with Gasteiger partial charge in [0.05, 0.1) is 0 Å². The van der Waals surface area contributed by atoms with Crippen molar-refractivity contribution in [2.45, 2.75) is 83.1 Å². The van der Waals surface area contributed by atoms with Crippen LogP contribution in [0.2, 0.25) is 0 Å². The largest absolute Gasteiger partial charge is 0.314 e. The summed E-state index contributed by atoms with van der Waals surface area (Å²) in [6, 6.07) is 0.802. The standard InChI is InChI=1S/C17H29N3S/c1-2-3-4-13-5-7-14(8-6-13)17-20-19-16(21-17)11-12-18-15-9-10-15/h13-15,18H,2-12H2,1H3. The quantitative estimate of drug-likeness (QED) is 0.778. The lowest BCUT2D eigenvalue weighted by molar-refractivity contribution is 0.303. The number of rotatable bonds is 8. The predicted molar refractivity (Wildman–Crippen MR) is 88.9 cm³/mol. The van der Waals surface area contributed by atoms with E-state index in [1.54, 1.807) is 0 Å². The number of nitrogens with one attached hydrogen (secondary N) is 1. The summed E-state index contributed by atoms with van der Waals surface area (Å²) >= 11 is 1.87. The molecule has 21 heavy (non-hydrogen) atoms. The molecule has 0 saturated heterocycles. The Bertz CT molecular complexity index is 419. The van der Waals surface area contributed by atoms with Crippen LogP contribution in [-0.2, 0) is 6.42 Å². The van der Waals surface area contributed by atoms with Crippen LogP contribution in [0, 0.1) is 5.92 Å². The highest BCUT2D eigenvalue weighted by Crippen LogP contribution is 2.38. The highest BCUT2D eigenvalue weighted by Gasteiger charge is 2.25. The van der Waals surface area contributed by atoms with E-state index >= 15 is 0 Å². The fraction of sp³-hybridized carbons (Fsp3) is 0.882. The van der Waals surface area contributed by atoms with Crippen LogP contribution in [0.5, 0.6) is 0 Å². The second-order valence-corrected chi connectivity index (χ2v) is 7.97. The van der Waals surface area contributed by atoms with E-state index in [1.165, 1.54) is 67.8 Å². The van der Waals surface area contributed by atoms with Crippen molar-refractivity contribution in [2.75, 3.05) is 6.54 Å². The van der Waals surface area contributed by atoms with Gasteiger partial charge in [-0.2, -0.15) is 0 Å². The lowest BCUT2D eigenvalue weighted by Crippen LogP contribution is -2.19. The summed E-state index contributed by atoms with van der Waals surface area (Å²) in [7, 11) is 0. The van der Waals surface area contributed by atoms with Gasteiger partial charge in [0.15, 0.2) is 0 Å². The molecular formula is C17H29N3S. The molecular weight excluding hydrogens is 278 g/mol. The molecule has 2 aliphatic carbocycles. The molecule has 0 amide bonds. The van der Waals surface area contributed by atoms with Crippen molar-refractivity contribution >= 4 is 11.3 Å². The molecule has 1 heterocycles. The Balaban J connectivity index is 1.41. The van der Waals surface area contributed by atoms with Gasteiger partial charge in [0.25, 0.3) is 0 Å². The van der Waals surface area contributed by atoms with E-state index in [1.807, 2.05) is 11.3 Å². The van der Waals surface area contributed by atoms with Crippen molar-refractivity contribution in [3.8, 4) is 0 Å². The topological polar surface area (TPSA) is 37.8 Å². The average molecular weight is 308 g/mol. The first-order chi connectivity index (χ1) is 10.3. The molecule has 0 atom stereocenters. The van der Waals surface area contributed by atoms with Crippen LogP contribution in [0.15, 0.2) is 0 Å². The SMILES string of the molecule is CCCCC1CCC(c2nnc(CCNC3CC3)s2)CC1. The van der Waals surface area contributed by atoms with Crippen molar-refractivity contribution < 1.29 is 0 Å². The van der Waals surface area contributed by atoms with Gasteiger partial charge in [-0.15, -0.1) is 21.5 Å². The molecule has 118 valence electrons. The molecule has 1 aromatic rings. The van der Waals surface area contributed by atoms with Crippen LogP contribution in [0.4, 0.5) is 0 Å². The van der Waals surface area contributed by atoms with Gasteiger partial charge >= 0.3 is 0 Å². The monoisotopic (exact) mass is 307 g/mol. The van der Waals surface area contributed by atoms with E-state index in [4.69, 9.17) is 0 Å². The summed E-state index contributed by atoms with van der Waals surface area (Å²) in [5.41, 5.74) is 0. The molecule has 3 rings (SSSR count). The van der Waals surface area contributed by atoms with Crippen molar-refractivity contribution in [2.24, 2.45) is 5.92 Å². The first kappa shape index (κ1) is 15.4. The Hall–Kier alpha value is -0.480. The molecule has 1 aromatic heterocycles. The summed E-state index contributed by atoms with van der Waals surface area (Å²) in [5.74, 6) is 1.68. The summed E-state index contributed by atoms with van der Waals surface area (Å²) < 4.78 is 0. The minimum Gasteiger partial charge on any atom is -0.314 e. The van der Waals surface area contributed by atoms with E-state index in [0.29, 0.717) is 5.92 Å². The molecule has 0 unspecified atom stereocenters. The molecule has 4 heteroatoms. The van der Waals surface area contributed by atoms with Gasteiger partial charge in [-0.1, -0.05) is 26.2 Å². The van der Waals surface area contributed by atoms with Crippen molar-refractivity contribution in [3.63, 3.8) is 0 Å². The molecule has 0 radical (unpaired) electrons. The summed E-state index contributed by atoms with van der Waals surface area (Å²) in [5, 5.41) is 15.0. The molecule has 0 aromatic carbocycles. The maximum atomic E-state index is 4.48. The van der Waals surface area contributed by atoms with E-state index < -0.39 is 0 Å². The molecule has 3 nitrogen and oxygen atoms in total. The molecule has 1 N–H and O–H groups in total. The zero-order chi connectivity index (χ0) is 14.5. The number of aromatic nitrogens is 2. The maximum Gasteiger partial charge on any atom is 0.120 e. The minimum absolute atomic E-state index is 0.700. The van der Waals surface area contributed by atoms with Crippen LogP contribution in [0.3, 0.4) is 0 Å². The Kier molecular flexibility index (Phi) is 5.64. The number of hydrogen-bond acceptors (Lipinski definition) is 4. The lowest BCUT2D eigenvalue weighted by atomic mass is 9.80. The Labute approximate surface area is 132 Å². The van der Waals surface area contributed by atoms with Crippen LogP contribution in [0.1, 0.15) is 80.6 Å². The van der Waals surface area contributed by atoms with Crippen molar-refractivity contribution in [3.05, 3.63) is 10.0 Å². The highest BCUT2D eigenvalue weighted by atomic mass is 32.1. The van der Waals surface area contributed by atoms with Crippen molar-refractivity contribution in [1.82, 2.24) is 15.5 Å². The first-order valence-electron chi connectivity index (χ1n) is 8.90. The smallest absolute Gasteiger partial charge is 0.120 e. The van der Waals surface area contributed by atoms with Crippen LogP contribution in [-0.4, -0.2) is 22.8 Å². The maximum absolute atomic E-state index is 4.48. The van der Waals surface area contributed by atoms with E-state index in [0.717, 1.165) is 24.9 Å². The second kappa shape index (κ2) is 7.68. The Morgan fingerprint density at radius 2 is 1.90 bits per heavy atom. The van der Waals surface area contributed by atoms with E-state index in [9.17, 15) is 0 Å². The van der Waals surface area contributed by atoms with Gasteiger partial charge < -0.3 is 5.32 Å². The highest BCUT2D eigenvalue weighted by molar-refractivity contribution is 7.11. The Morgan fingerprint density at radius 1 is 1.10 bits per heavy atom. The molecule has 2 saturated carbocycles. The van der Waals surface area contributed by atoms with E-state index in [-0.39, 0.29) is 0 Å². The normalized spacial score (nSPS) is 26.1. The number of nitrogens with zero attached hydrogens (tertiary/aromatic N) is 2. The lowest BCUT2D eigenvalue weighted by Gasteiger charge is -2.26. The zero-order valence-electron chi connectivity index (χ0n) is 13.3. The van der Waals surface area contributed by atoms with Gasteiger partial charge in [-0.05, 0) is 44.4 Å². The third kappa shape index (κ3) is 4.75. The van der Waals surface area contributed by atoms with Gasteiger partial charge in [0.2, 0.25) is 0 Å². The fourth-order valence-corrected chi connectivity index (χ4v) is 4.41. The van der Waals surface area contributed by atoms with E-state index in [2.05, 4.69) is 22.4 Å². The summed E-state index contributed by atoms with van der Waals surface area (Å²) in [6.45, 7) is 3.37. The van der Waals surface area contributed by atoms with Gasteiger partial charge in [-0.3, -0.25) is 0 Å². The van der Waals surface area contributed by atoms with Gasteiger partial charge in [0.1, 0.15) is 10.0 Å². The molecule has 0 bridgehead atoms. The summed E-state index contributed by atoms with van der Waals surface area (Å²) in [4.78, 5) is 0. The third-order valence-electron chi connectivity index (χ3n) is 4.99. The third-order valence-corrected chi connectivity index (χ3v) is 6.14. The second-order valence-electron chi connectivity index (χ2n) is 6.87. The first-order valence-corrected chi connectivity index (χ1v) is 9.72. The fourth-order valence-electron chi connectivity index (χ4n) is 3.39. The predicted octanol–water partition coefficient (Wildman–Crippen LogP) is 4.30. The number of unbranched alkanes of at least 4 members (excludes halogenated alkanes) is 1. The molecule has 0 spiro atoms. The van der Waals surface area contributed by atoms with Crippen LogP contribution < -0.4 is 5.32 Å². The average Bonchev–Trinajstić information content (AvgIpc) is 3.22. The minimum atomic E-state index is 0.700. The van der Waals surface area contributed by atoms with Gasteiger partial charge in [0, 0.05) is 24.9 Å². The number of hydrogen-bond donors (Lipinski definition) is 1. The Morgan fingerprint density at radius 3 is 2.62 bits per heavy atom. The zero-order valence-corrected chi connectivity index (χ0v) is 14.1. The molecule has 0 aliphatic heterocycles.